The first kappa shape index (κ1) is 18.3. The second-order valence-corrected chi connectivity index (χ2v) is 4.80. The Morgan fingerprint density at radius 1 is 1.09 bits per heavy atom. The second-order valence-electron chi connectivity index (χ2n) is 4.80. The average molecular weight is 324 g/mol. The first-order valence-electron chi connectivity index (χ1n) is 6.95. The maximum atomic E-state index is 8.95. The van der Waals surface area contributed by atoms with Gasteiger partial charge in [-0.25, -0.2) is 0 Å². The monoisotopic (exact) mass is 323 g/mol. The molecule has 22 heavy (non-hydrogen) atoms. The van der Waals surface area contributed by atoms with Crippen LogP contribution >= 0.6 is 12.4 Å². The van der Waals surface area contributed by atoms with Gasteiger partial charge in [-0.1, -0.05) is 36.4 Å². The quantitative estimate of drug-likeness (QED) is 0.822. The average Bonchev–Trinajstić information content (AvgIpc) is 2.54. The van der Waals surface area contributed by atoms with Gasteiger partial charge in [0, 0.05) is 12.6 Å². The van der Waals surface area contributed by atoms with Crippen molar-refractivity contribution in [2.75, 3.05) is 13.7 Å². The normalized spacial score (nSPS) is 11.4. The molecule has 4 nitrogen and oxygen atoms in total. The number of nitrogens with two attached hydrogens (primary N) is 1. The fourth-order valence-corrected chi connectivity index (χ4v) is 2.08. The number of methoxy groups -OCH3 is 1. The van der Waals surface area contributed by atoms with Gasteiger partial charge in [0.25, 0.3) is 0 Å². The molecule has 1 unspecified atom stereocenters. The van der Waals surface area contributed by atoms with Gasteiger partial charge in [0.05, 0.1) is 7.11 Å². The minimum atomic E-state index is -0.202. The van der Waals surface area contributed by atoms with Crippen molar-refractivity contribution in [1.82, 2.24) is 0 Å². The standard InChI is InChI=1S/C17H21NO3.ClH/c1-20-17-11-14(15(18)9-10-19)7-8-16(17)21-12-13-5-3-2-4-6-13;/h2-8,11,15,19H,9-10,12,18H2,1H3;1H. The van der Waals surface area contributed by atoms with E-state index in [0.29, 0.717) is 24.5 Å². The van der Waals surface area contributed by atoms with Crippen LogP contribution < -0.4 is 15.2 Å². The molecule has 0 saturated carbocycles. The lowest BCUT2D eigenvalue weighted by Gasteiger charge is -2.15. The van der Waals surface area contributed by atoms with Crippen LogP contribution in [-0.4, -0.2) is 18.8 Å². The lowest BCUT2D eigenvalue weighted by Crippen LogP contribution is -2.12. The Hall–Kier alpha value is -1.75. The smallest absolute Gasteiger partial charge is 0.161 e. The van der Waals surface area contributed by atoms with Gasteiger partial charge in [-0.15, -0.1) is 12.4 Å². The number of ether oxygens (including phenoxy) is 2. The highest BCUT2D eigenvalue weighted by molar-refractivity contribution is 5.85. The predicted molar refractivity (Wildman–Crippen MR) is 89.6 cm³/mol. The van der Waals surface area contributed by atoms with E-state index in [1.165, 1.54) is 0 Å². The molecule has 2 aromatic rings. The summed E-state index contributed by atoms with van der Waals surface area (Å²) in [6.07, 6.45) is 0.521. The van der Waals surface area contributed by atoms with Gasteiger partial charge in [-0.3, -0.25) is 0 Å². The van der Waals surface area contributed by atoms with Crippen molar-refractivity contribution in [3.8, 4) is 11.5 Å². The van der Waals surface area contributed by atoms with Crippen molar-refractivity contribution in [2.24, 2.45) is 5.73 Å². The van der Waals surface area contributed by atoms with Gasteiger partial charge in [-0.05, 0) is 29.7 Å². The number of halogens is 1. The molecule has 0 spiro atoms. The molecule has 0 bridgehead atoms. The second kappa shape index (κ2) is 9.30. The fraction of sp³-hybridized carbons (Fsp3) is 0.294. The van der Waals surface area contributed by atoms with Gasteiger partial charge < -0.3 is 20.3 Å². The molecule has 0 aliphatic carbocycles. The molecule has 0 amide bonds. The van der Waals surface area contributed by atoms with Gasteiger partial charge in [-0.2, -0.15) is 0 Å². The first-order valence-corrected chi connectivity index (χ1v) is 6.95. The highest BCUT2D eigenvalue weighted by Crippen LogP contribution is 2.31. The predicted octanol–water partition coefficient (Wildman–Crippen LogP) is 3.08. The van der Waals surface area contributed by atoms with Crippen molar-refractivity contribution in [3.63, 3.8) is 0 Å². The minimum Gasteiger partial charge on any atom is -0.493 e. The Labute approximate surface area is 137 Å². The highest BCUT2D eigenvalue weighted by Gasteiger charge is 2.11. The van der Waals surface area contributed by atoms with E-state index in [0.717, 1.165) is 11.1 Å². The van der Waals surface area contributed by atoms with E-state index in [9.17, 15) is 0 Å². The Bertz CT molecular complexity index is 563. The van der Waals surface area contributed by atoms with E-state index in [-0.39, 0.29) is 25.1 Å². The summed E-state index contributed by atoms with van der Waals surface area (Å²) in [5.41, 5.74) is 8.01. The zero-order valence-corrected chi connectivity index (χ0v) is 13.4. The summed E-state index contributed by atoms with van der Waals surface area (Å²) in [5.74, 6) is 1.33. The molecule has 0 saturated heterocycles. The Morgan fingerprint density at radius 2 is 1.82 bits per heavy atom. The maximum Gasteiger partial charge on any atom is 0.161 e. The van der Waals surface area contributed by atoms with E-state index in [1.807, 2.05) is 48.5 Å². The van der Waals surface area contributed by atoms with Crippen molar-refractivity contribution in [2.45, 2.75) is 19.1 Å². The highest BCUT2D eigenvalue weighted by atomic mass is 35.5. The third-order valence-corrected chi connectivity index (χ3v) is 3.29. The van der Waals surface area contributed by atoms with E-state index in [4.69, 9.17) is 20.3 Å². The Kier molecular flexibility index (Phi) is 7.74. The van der Waals surface area contributed by atoms with Crippen LogP contribution in [0, 0.1) is 0 Å². The van der Waals surface area contributed by atoms with Crippen molar-refractivity contribution >= 4 is 12.4 Å². The molecule has 1 atom stereocenters. The molecule has 5 heteroatoms. The van der Waals surface area contributed by atoms with Crippen LogP contribution in [0.15, 0.2) is 48.5 Å². The van der Waals surface area contributed by atoms with Gasteiger partial charge in [0.15, 0.2) is 11.5 Å². The van der Waals surface area contributed by atoms with E-state index >= 15 is 0 Å². The number of hydrogen-bond acceptors (Lipinski definition) is 4. The summed E-state index contributed by atoms with van der Waals surface area (Å²) in [5, 5.41) is 8.95. The van der Waals surface area contributed by atoms with Gasteiger partial charge >= 0.3 is 0 Å². The summed E-state index contributed by atoms with van der Waals surface area (Å²) < 4.78 is 11.2. The van der Waals surface area contributed by atoms with Crippen LogP contribution in [0.1, 0.15) is 23.6 Å². The van der Waals surface area contributed by atoms with Crippen LogP contribution in [0.25, 0.3) is 0 Å². The molecular formula is C17H22ClNO3. The SMILES string of the molecule is COc1cc(C(N)CCO)ccc1OCc1ccccc1.Cl. The number of aliphatic hydroxyl groups is 1. The van der Waals surface area contributed by atoms with E-state index in [2.05, 4.69) is 0 Å². The van der Waals surface area contributed by atoms with Crippen molar-refractivity contribution < 1.29 is 14.6 Å². The third-order valence-electron chi connectivity index (χ3n) is 3.29. The molecule has 0 heterocycles. The topological polar surface area (TPSA) is 64.7 Å². The lowest BCUT2D eigenvalue weighted by atomic mass is 10.0. The Balaban J connectivity index is 0.00000242. The van der Waals surface area contributed by atoms with Gasteiger partial charge in [0.2, 0.25) is 0 Å². The van der Waals surface area contributed by atoms with Crippen molar-refractivity contribution in [1.29, 1.82) is 0 Å². The van der Waals surface area contributed by atoms with Crippen molar-refractivity contribution in [3.05, 3.63) is 59.7 Å². The van der Waals surface area contributed by atoms with Crippen LogP contribution in [0.5, 0.6) is 11.5 Å². The molecule has 0 fully saturated rings. The molecule has 2 rings (SSSR count). The van der Waals surface area contributed by atoms with Crippen LogP contribution in [-0.2, 0) is 6.61 Å². The summed E-state index contributed by atoms with van der Waals surface area (Å²) in [7, 11) is 1.60. The van der Waals surface area contributed by atoms with E-state index in [1.54, 1.807) is 7.11 Å². The summed E-state index contributed by atoms with van der Waals surface area (Å²) in [6.45, 7) is 0.551. The molecular weight excluding hydrogens is 302 g/mol. The molecule has 2 aromatic carbocycles. The molecule has 0 aliphatic heterocycles. The number of rotatable bonds is 7. The zero-order chi connectivity index (χ0) is 15.1. The van der Waals surface area contributed by atoms with Gasteiger partial charge in [0.1, 0.15) is 6.61 Å². The van der Waals surface area contributed by atoms with Crippen LogP contribution in [0.2, 0.25) is 0 Å². The lowest BCUT2D eigenvalue weighted by molar-refractivity contribution is 0.275. The number of aliphatic hydroxyl groups excluding tert-OH is 1. The number of benzene rings is 2. The molecule has 0 radical (unpaired) electrons. The summed E-state index contributed by atoms with van der Waals surface area (Å²) in [4.78, 5) is 0. The molecule has 0 aliphatic rings. The van der Waals surface area contributed by atoms with E-state index < -0.39 is 0 Å². The van der Waals surface area contributed by atoms with Crippen LogP contribution in [0.4, 0.5) is 0 Å². The first-order chi connectivity index (χ1) is 10.2. The summed E-state index contributed by atoms with van der Waals surface area (Å²) in [6, 6.07) is 15.4. The summed E-state index contributed by atoms with van der Waals surface area (Å²) >= 11 is 0. The van der Waals surface area contributed by atoms with Crippen LogP contribution in [0.3, 0.4) is 0 Å². The molecule has 3 N–H and O–H groups in total. The third kappa shape index (κ3) is 4.91. The minimum absolute atomic E-state index is 0. The largest absolute Gasteiger partial charge is 0.493 e. The fourth-order valence-electron chi connectivity index (χ4n) is 2.08. The molecule has 120 valence electrons. The molecule has 0 aromatic heterocycles. The zero-order valence-electron chi connectivity index (χ0n) is 12.6. The maximum absolute atomic E-state index is 8.95. The Morgan fingerprint density at radius 3 is 2.45 bits per heavy atom. The number of hydrogen-bond donors (Lipinski definition) is 2.